The summed E-state index contributed by atoms with van der Waals surface area (Å²) in [4.78, 5) is 52.4. The van der Waals surface area contributed by atoms with Crippen molar-refractivity contribution in [2.24, 2.45) is 0 Å². The predicted molar refractivity (Wildman–Crippen MR) is 67.5 cm³/mol. The van der Waals surface area contributed by atoms with E-state index in [4.69, 9.17) is 9.79 Å². The van der Waals surface area contributed by atoms with Crippen LogP contribution in [-0.4, -0.2) is 24.3 Å². The summed E-state index contributed by atoms with van der Waals surface area (Å²) in [5.41, 5.74) is -4.20. The number of nitro benzene ring substituents is 1. The lowest BCUT2D eigenvalue weighted by Gasteiger charge is -2.10. The summed E-state index contributed by atoms with van der Waals surface area (Å²) in [6.07, 6.45) is -1.16. The van der Waals surface area contributed by atoms with Crippen LogP contribution in [0.15, 0.2) is 21.7 Å². The molecule has 0 saturated heterocycles. The minimum atomic E-state index is -4.74. The first-order chi connectivity index (χ1) is 9.60. The molecule has 112 valence electrons. The fraction of sp³-hybridized carbons (Fsp3) is 0.111. The third kappa shape index (κ3) is 2.89. The zero-order chi connectivity index (χ0) is 15.9. The maximum Gasteiger partial charge on any atom is 0.345 e. The summed E-state index contributed by atoms with van der Waals surface area (Å²) in [5, 5.41) is 10.7. The first-order valence-corrected chi connectivity index (χ1v) is 7.05. The van der Waals surface area contributed by atoms with Crippen LogP contribution in [0.25, 0.3) is 11.0 Å². The molecule has 3 N–H and O–H groups in total. The van der Waals surface area contributed by atoms with Gasteiger partial charge in [-0.25, -0.2) is 0 Å². The van der Waals surface area contributed by atoms with Crippen LogP contribution in [0.1, 0.15) is 0 Å². The molecule has 0 radical (unpaired) electrons. The normalized spacial score (nSPS) is 11.8. The van der Waals surface area contributed by atoms with Gasteiger partial charge in [-0.1, -0.05) is 0 Å². The summed E-state index contributed by atoms with van der Waals surface area (Å²) in [6.45, 7) is 0. The van der Waals surface area contributed by atoms with Crippen molar-refractivity contribution in [3.8, 4) is 0 Å². The SMILES string of the molecule is O=c1[nH]c2cc(F)c([N+](=O)[O-])cc2n(CP(=O)(O)O)c1=O. The number of nitrogens with zero attached hydrogens (tertiary/aromatic N) is 2. The number of hydrogen-bond donors (Lipinski definition) is 3. The Hall–Kier alpha value is -2.36. The van der Waals surface area contributed by atoms with Gasteiger partial charge in [0.1, 0.15) is 6.29 Å². The van der Waals surface area contributed by atoms with Crippen molar-refractivity contribution < 1.29 is 23.7 Å². The van der Waals surface area contributed by atoms with Gasteiger partial charge in [-0.15, -0.1) is 0 Å². The lowest BCUT2D eigenvalue weighted by molar-refractivity contribution is -0.387. The number of aromatic nitrogens is 2. The van der Waals surface area contributed by atoms with Gasteiger partial charge in [-0.2, -0.15) is 4.39 Å². The molecule has 0 atom stereocenters. The van der Waals surface area contributed by atoms with E-state index in [-0.39, 0.29) is 11.0 Å². The number of halogens is 1. The van der Waals surface area contributed by atoms with Crippen molar-refractivity contribution in [3.05, 3.63) is 48.8 Å². The van der Waals surface area contributed by atoms with Gasteiger partial charge in [0.15, 0.2) is 0 Å². The Morgan fingerprint density at radius 3 is 2.52 bits per heavy atom. The van der Waals surface area contributed by atoms with Crippen LogP contribution in [-0.2, 0) is 10.9 Å². The number of fused-ring (bicyclic) bond motifs is 1. The van der Waals surface area contributed by atoms with E-state index in [1.165, 1.54) is 0 Å². The Kier molecular flexibility index (Phi) is 3.49. The van der Waals surface area contributed by atoms with Crippen molar-refractivity contribution in [1.82, 2.24) is 9.55 Å². The molecule has 0 aliphatic rings. The van der Waals surface area contributed by atoms with E-state index < -0.39 is 41.4 Å². The summed E-state index contributed by atoms with van der Waals surface area (Å²) < 4.78 is 24.9. The lowest BCUT2D eigenvalue weighted by atomic mass is 10.2. The molecular weight excluding hydrogens is 312 g/mol. The van der Waals surface area contributed by atoms with Gasteiger partial charge in [0.05, 0.1) is 16.0 Å². The van der Waals surface area contributed by atoms with Gasteiger partial charge in [-0.05, 0) is 0 Å². The Bertz CT molecular complexity index is 912. The second-order valence-corrected chi connectivity index (χ2v) is 5.68. The van der Waals surface area contributed by atoms with Crippen molar-refractivity contribution in [1.29, 1.82) is 0 Å². The summed E-state index contributed by atoms with van der Waals surface area (Å²) in [5.74, 6) is -1.26. The summed E-state index contributed by atoms with van der Waals surface area (Å²) in [7, 11) is -4.74. The zero-order valence-corrected chi connectivity index (χ0v) is 10.9. The van der Waals surface area contributed by atoms with Gasteiger partial charge >= 0.3 is 24.4 Å². The average Bonchev–Trinajstić information content (AvgIpc) is 2.32. The highest BCUT2D eigenvalue weighted by Gasteiger charge is 2.22. The molecular formula is C9H7FN3O7P. The van der Waals surface area contributed by atoms with Crippen LogP contribution in [0.3, 0.4) is 0 Å². The van der Waals surface area contributed by atoms with E-state index in [9.17, 15) is 28.7 Å². The van der Waals surface area contributed by atoms with E-state index in [2.05, 4.69) is 0 Å². The predicted octanol–water partition coefficient (Wildman–Crippen LogP) is -0.128. The average molecular weight is 319 g/mol. The molecule has 0 saturated carbocycles. The number of nitrogens with one attached hydrogen (secondary N) is 1. The second-order valence-electron chi connectivity index (χ2n) is 4.07. The number of hydrogen-bond acceptors (Lipinski definition) is 5. The smallest absolute Gasteiger partial charge is 0.323 e. The molecule has 1 heterocycles. The highest BCUT2D eigenvalue weighted by Crippen LogP contribution is 2.37. The molecule has 0 aliphatic heterocycles. The van der Waals surface area contributed by atoms with E-state index in [1.54, 1.807) is 0 Å². The zero-order valence-electron chi connectivity index (χ0n) is 10.0. The molecule has 10 nitrogen and oxygen atoms in total. The molecule has 2 aromatic rings. The molecule has 12 heteroatoms. The number of nitro groups is 1. The van der Waals surface area contributed by atoms with Gasteiger partial charge in [-0.3, -0.25) is 28.8 Å². The quantitative estimate of drug-likeness (QED) is 0.308. The topological polar surface area (TPSA) is 156 Å². The van der Waals surface area contributed by atoms with Crippen LogP contribution < -0.4 is 11.1 Å². The molecule has 0 spiro atoms. The third-order valence-corrected chi connectivity index (χ3v) is 3.22. The number of H-pyrrole nitrogens is 1. The maximum absolute atomic E-state index is 13.5. The molecule has 0 amide bonds. The lowest BCUT2D eigenvalue weighted by Crippen LogP contribution is -2.36. The number of rotatable bonds is 3. The van der Waals surface area contributed by atoms with Crippen molar-refractivity contribution in [3.63, 3.8) is 0 Å². The monoisotopic (exact) mass is 319 g/mol. The summed E-state index contributed by atoms with van der Waals surface area (Å²) in [6, 6.07) is 1.22. The Morgan fingerprint density at radius 2 is 2.00 bits per heavy atom. The largest absolute Gasteiger partial charge is 0.345 e. The highest BCUT2D eigenvalue weighted by molar-refractivity contribution is 7.50. The fourth-order valence-electron chi connectivity index (χ4n) is 1.75. The molecule has 2 rings (SSSR count). The van der Waals surface area contributed by atoms with Crippen LogP contribution in [0.5, 0.6) is 0 Å². The van der Waals surface area contributed by atoms with Crippen LogP contribution in [0.4, 0.5) is 10.1 Å². The molecule has 0 fully saturated rings. The minimum absolute atomic E-state index is 0.295. The van der Waals surface area contributed by atoms with Crippen molar-refractivity contribution in [2.75, 3.05) is 0 Å². The summed E-state index contributed by atoms with van der Waals surface area (Å²) >= 11 is 0. The molecule has 0 unspecified atom stereocenters. The molecule has 1 aromatic carbocycles. The minimum Gasteiger partial charge on any atom is -0.323 e. The van der Waals surface area contributed by atoms with Crippen LogP contribution in [0.2, 0.25) is 0 Å². The molecule has 1 aromatic heterocycles. The molecule has 21 heavy (non-hydrogen) atoms. The van der Waals surface area contributed by atoms with E-state index >= 15 is 0 Å². The van der Waals surface area contributed by atoms with Crippen molar-refractivity contribution in [2.45, 2.75) is 6.29 Å². The van der Waals surface area contributed by atoms with E-state index in [0.29, 0.717) is 16.7 Å². The van der Waals surface area contributed by atoms with Gasteiger partial charge in [0.2, 0.25) is 5.82 Å². The van der Waals surface area contributed by atoms with Gasteiger partial charge in [0.25, 0.3) is 0 Å². The number of aromatic amines is 1. The Morgan fingerprint density at radius 1 is 1.38 bits per heavy atom. The standard InChI is InChI=1S/C9H7FN3O7P/c10-4-1-5-7(2-6(4)13(16)17)12(3-21(18,19)20)9(15)8(14)11-5/h1-2H,3H2,(H,11,14)(H2,18,19,20). The molecule has 0 bridgehead atoms. The van der Waals surface area contributed by atoms with Crippen LogP contribution >= 0.6 is 7.60 Å². The molecule has 0 aliphatic carbocycles. The van der Waals surface area contributed by atoms with E-state index in [0.717, 1.165) is 0 Å². The Balaban J connectivity index is 2.93. The Labute approximate surface area is 113 Å². The van der Waals surface area contributed by atoms with Gasteiger partial charge in [0, 0.05) is 12.1 Å². The maximum atomic E-state index is 13.5. The fourth-order valence-corrected chi connectivity index (χ4v) is 2.40. The van der Waals surface area contributed by atoms with Crippen LogP contribution in [0, 0.1) is 15.9 Å². The highest BCUT2D eigenvalue weighted by atomic mass is 31.2. The second kappa shape index (κ2) is 4.88. The van der Waals surface area contributed by atoms with Gasteiger partial charge < -0.3 is 14.8 Å². The third-order valence-electron chi connectivity index (χ3n) is 2.57. The first-order valence-electron chi connectivity index (χ1n) is 5.25. The van der Waals surface area contributed by atoms with Crippen molar-refractivity contribution >= 4 is 24.3 Å². The number of benzene rings is 1. The van der Waals surface area contributed by atoms with E-state index in [1.807, 2.05) is 4.98 Å². The first kappa shape index (κ1) is 15.0.